The van der Waals surface area contributed by atoms with Crippen molar-refractivity contribution >= 4 is 22.9 Å². The zero-order valence-corrected chi connectivity index (χ0v) is 16.1. The summed E-state index contributed by atoms with van der Waals surface area (Å²) in [6.07, 6.45) is 0. The van der Waals surface area contributed by atoms with Gasteiger partial charge in [0.25, 0.3) is 11.6 Å². The fourth-order valence-electron chi connectivity index (χ4n) is 2.52. The van der Waals surface area contributed by atoms with Crippen LogP contribution in [0.25, 0.3) is 10.7 Å². The number of amides is 1. The number of benzene rings is 1. The molecule has 0 aliphatic carbocycles. The summed E-state index contributed by atoms with van der Waals surface area (Å²) in [5.41, 5.74) is 0.473. The first kappa shape index (κ1) is 19.5. The van der Waals surface area contributed by atoms with Gasteiger partial charge in [0, 0.05) is 18.2 Å². The second kappa shape index (κ2) is 8.61. The number of hydrogen-bond donors (Lipinski definition) is 0. The molecule has 0 N–H and O–H groups in total. The number of likely N-dealkylation sites (N-methyl/N-ethyl adjacent to an activating group) is 1. The lowest BCUT2D eigenvalue weighted by Crippen LogP contribution is -2.34. The average Bonchev–Trinajstić information content (AvgIpc) is 3.35. The first-order valence-corrected chi connectivity index (χ1v) is 9.38. The molecule has 0 radical (unpaired) electrons. The van der Waals surface area contributed by atoms with Gasteiger partial charge in [0.2, 0.25) is 11.7 Å². The van der Waals surface area contributed by atoms with Crippen molar-refractivity contribution in [1.82, 2.24) is 15.0 Å². The fourth-order valence-corrected chi connectivity index (χ4v) is 3.17. The molecule has 0 spiro atoms. The summed E-state index contributed by atoms with van der Waals surface area (Å²) in [5.74, 6) is 0.968. The van der Waals surface area contributed by atoms with E-state index in [4.69, 9.17) is 9.26 Å². The Morgan fingerprint density at radius 3 is 2.86 bits per heavy atom. The molecule has 0 saturated heterocycles. The maximum Gasteiger partial charge on any atom is 0.272 e. The van der Waals surface area contributed by atoms with E-state index >= 15 is 0 Å². The number of hydrogen-bond acceptors (Lipinski definition) is 8. The Kier molecular flexibility index (Phi) is 5.99. The van der Waals surface area contributed by atoms with E-state index in [1.54, 1.807) is 6.92 Å². The lowest BCUT2D eigenvalue weighted by Gasteiger charge is -2.19. The highest BCUT2D eigenvalue weighted by Crippen LogP contribution is 2.23. The molecule has 9 nitrogen and oxygen atoms in total. The Morgan fingerprint density at radius 1 is 1.39 bits per heavy atom. The van der Waals surface area contributed by atoms with Gasteiger partial charge in [-0.2, -0.15) is 4.98 Å². The van der Waals surface area contributed by atoms with Crippen LogP contribution in [-0.2, 0) is 11.3 Å². The summed E-state index contributed by atoms with van der Waals surface area (Å²) in [4.78, 5) is 29.6. The lowest BCUT2D eigenvalue weighted by molar-refractivity contribution is -0.385. The minimum atomic E-state index is -0.460. The third kappa shape index (κ3) is 4.52. The zero-order chi connectivity index (χ0) is 20.1. The number of rotatable bonds is 8. The van der Waals surface area contributed by atoms with E-state index in [0.717, 1.165) is 4.88 Å². The Morgan fingerprint density at radius 2 is 2.21 bits per heavy atom. The highest BCUT2D eigenvalue weighted by atomic mass is 32.1. The maximum absolute atomic E-state index is 12.5. The smallest absolute Gasteiger partial charge is 0.272 e. The Labute approximate surface area is 164 Å². The van der Waals surface area contributed by atoms with Gasteiger partial charge in [0.1, 0.15) is 12.3 Å². The van der Waals surface area contributed by atoms with Gasteiger partial charge >= 0.3 is 0 Å². The SMILES string of the molecule is CCN(Cc1nc(-c2cccs2)no1)C(=O)COc1ccc([N+](=O)[O-])c(C)c1. The number of aromatic nitrogens is 2. The topological polar surface area (TPSA) is 112 Å². The van der Waals surface area contributed by atoms with Crippen LogP contribution < -0.4 is 4.74 Å². The molecule has 0 aliphatic rings. The van der Waals surface area contributed by atoms with Crippen LogP contribution in [0.1, 0.15) is 18.4 Å². The van der Waals surface area contributed by atoms with Crippen LogP contribution in [0, 0.1) is 17.0 Å². The van der Waals surface area contributed by atoms with Crippen molar-refractivity contribution in [1.29, 1.82) is 0 Å². The predicted octanol–water partition coefficient (Wildman–Crippen LogP) is 3.44. The van der Waals surface area contributed by atoms with Crippen LogP contribution >= 0.6 is 11.3 Å². The third-order valence-electron chi connectivity index (χ3n) is 4.00. The highest BCUT2D eigenvalue weighted by Gasteiger charge is 2.18. The molecule has 0 aliphatic heterocycles. The predicted molar refractivity (Wildman–Crippen MR) is 102 cm³/mol. The standard InChI is InChI=1S/C18H18N4O5S/c1-3-21(10-16-19-18(20-27-16)15-5-4-8-28-15)17(23)11-26-13-6-7-14(22(24)25)12(2)9-13/h4-9H,3,10-11H2,1-2H3. The van der Waals surface area contributed by atoms with Gasteiger partial charge in [0.05, 0.1) is 9.80 Å². The van der Waals surface area contributed by atoms with Crippen LogP contribution in [0.4, 0.5) is 5.69 Å². The number of carbonyl (C=O) groups is 1. The first-order valence-electron chi connectivity index (χ1n) is 8.50. The minimum absolute atomic E-state index is 0.00630. The quantitative estimate of drug-likeness (QED) is 0.419. The number of nitro benzene ring substituents is 1. The zero-order valence-electron chi connectivity index (χ0n) is 15.3. The van der Waals surface area contributed by atoms with Gasteiger partial charge < -0.3 is 14.2 Å². The van der Waals surface area contributed by atoms with Crippen LogP contribution in [0.2, 0.25) is 0 Å². The molecular weight excluding hydrogens is 384 g/mol. The van der Waals surface area contributed by atoms with E-state index in [1.807, 2.05) is 24.4 Å². The number of aryl methyl sites for hydroxylation is 1. The van der Waals surface area contributed by atoms with E-state index in [1.165, 1.54) is 34.4 Å². The second-order valence-corrected chi connectivity index (χ2v) is 6.84. The van der Waals surface area contributed by atoms with Gasteiger partial charge in [-0.05, 0) is 37.4 Å². The molecule has 0 unspecified atom stereocenters. The van der Waals surface area contributed by atoms with Crippen molar-refractivity contribution in [2.45, 2.75) is 20.4 Å². The van der Waals surface area contributed by atoms with Crippen molar-refractivity contribution in [2.75, 3.05) is 13.2 Å². The molecule has 0 fully saturated rings. The average molecular weight is 402 g/mol. The molecule has 1 aromatic carbocycles. The normalized spacial score (nSPS) is 10.6. The summed E-state index contributed by atoms with van der Waals surface area (Å²) in [7, 11) is 0. The van der Waals surface area contributed by atoms with Crippen molar-refractivity contribution < 1.29 is 19.0 Å². The number of nitro groups is 1. The number of thiophene rings is 1. The van der Waals surface area contributed by atoms with E-state index in [-0.39, 0.29) is 24.7 Å². The molecule has 0 bridgehead atoms. The van der Waals surface area contributed by atoms with E-state index in [9.17, 15) is 14.9 Å². The molecule has 3 rings (SSSR count). The van der Waals surface area contributed by atoms with Crippen LogP contribution in [0.15, 0.2) is 40.2 Å². The molecule has 2 aromatic heterocycles. The Hall–Kier alpha value is -3.27. The van der Waals surface area contributed by atoms with Crippen molar-refractivity contribution in [3.63, 3.8) is 0 Å². The maximum atomic E-state index is 12.5. The molecular formula is C18H18N4O5S. The summed E-state index contributed by atoms with van der Waals surface area (Å²) in [6.45, 7) is 3.88. The number of ether oxygens (including phenoxy) is 1. The van der Waals surface area contributed by atoms with Gasteiger partial charge in [-0.25, -0.2) is 0 Å². The Bertz CT molecular complexity index is 970. The number of carbonyl (C=O) groups excluding carboxylic acids is 1. The molecule has 0 saturated carbocycles. The minimum Gasteiger partial charge on any atom is -0.484 e. The van der Waals surface area contributed by atoms with Gasteiger partial charge in [0.15, 0.2) is 6.61 Å². The summed E-state index contributed by atoms with van der Waals surface area (Å²) >= 11 is 1.50. The van der Waals surface area contributed by atoms with Crippen LogP contribution in [0.3, 0.4) is 0 Å². The molecule has 0 atom stereocenters. The third-order valence-corrected chi connectivity index (χ3v) is 4.86. The molecule has 3 aromatic rings. The van der Waals surface area contributed by atoms with E-state index < -0.39 is 4.92 Å². The Balaban J connectivity index is 1.59. The van der Waals surface area contributed by atoms with E-state index in [2.05, 4.69) is 10.1 Å². The molecule has 2 heterocycles. The lowest BCUT2D eigenvalue weighted by atomic mass is 10.2. The van der Waals surface area contributed by atoms with E-state index in [0.29, 0.717) is 29.6 Å². The first-order chi connectivity index (χ1) is 13.5. The molecule has 28 heavy (non-hydrogen) atoms. The van der Waals surface area contributed by atoms with Crippen LogP contribution in [0.5, 0.6) is 5.75 Å². The van der Waals surface area contributed by atoms with Crippen molar-refractivity contribution in [2.24, 2.45) is 0 Å². The van der Waals surface area contributed by atoms with Crippen molar-refractivity contribution in [3.8, 4) is 16.5 Å². The summed E-state index contributed by atoms with van der Waals surface area (Å²) < 4.78 is 10.7. The van der Waals surface area contributed by atoms with Gasteiger partial charge in [-0.1, -0.05) is 11.2 Å². The van der Waals surface area contributed by atoms with Crippen LogP contribution in [-0.4, -0.2) is 39.0 Å². The molecule has 10 heteroatoms. The summed E-state index contributed by atoms with van der Waals surface area (Å²) in [6, 6.07) is 8.15. The number of nitrogens with zero attached hydrogens (tertiary/aromatic N) is 4. The van der Waals surface area contributed by atoms with Crippen molar-refractivity contribution in [3.05, 3.63) is 57.3 Å². The summed E-state index contributed by atoms with van der Waals surface area (Å²) in [5, 5.41) is 16.7. The largest absolute Gasteiger partial charge is 0.484 e. The highest BCUT2D eigenvalue weighted by molar-refractivity contribution is 7.13. The van der Waals surface area contributed by atoms with Gasteiger partial charge in [-0.15, -0.1) is 11.3 Å². The molecule has 146 valence electrons. The second-order valence-electron chi connectivity index (χ2n) is 5.89. The van der Waals surface area contributed by atoms with Gasteiger partial charge in [-0.3, -0.25) is 14.9 Å². The fraction of sp³-hybridized carbons (Fsp3) is 0.278. The monoisotopic (exact) mass is 402 g/mol. The molecule has 1 amide bonds.